The predicted octanol–water partition coefficient (Wildman–Crippen LogP) is 4.36. The number of hydrogen-bond acceptors (Lipinski definition) is 0. The molecule has 0 nitrogen and oxygen atoms in total. The van der Waals surface area contributed by atoms with Crippen molar-refractivity contribution >= 4 is 5.57 Å². The lowest BCUT2D eigenvalue weighted by atomic mass is 9.85. The molecule has 1 unspecified atom stereocenters. The lowest BCUT2D eigenvalue weighted by Gasteiger charge is -2.20. The Kier molecular flexibility index (Phi) is 3.04. The lowest BCUT2D eigenvalue weighted by Crippen LogP contribution is -2.04. The molecule has 1 aromatic carbocycles. The molecule has 0 saturated carbocycles. The molecule has 0 aliphatic heterocycles. The number of halogens is 1. The van der Waals surface area contributed by atoms with Gasteiger partial charge >= 0.3 is 0 Å². The van der Waals surface area contributed by atoms with E-state index in [-0.39, 0.29) is 5.82 Å². The highest BCUT2D eigenvalue weighted by molar-refractivity contribution is 5.70. The van der Waals surface area contributed by atoms with Crippen LogP contribution in [-0.4, -0.2) is 0 Å². The Bertz CT molecular complexity index is 466. The van der Waals surface area contributed by atoms with Crippen molar-refractivity contribution in [1.29, 1.82) is 0 Å². The summed E-state index contributed by atoms with van der Waals surface area (Å²) in [5.41, 5.74) is 3.42. The molecule has 0 N–H and O–H groups in total. The minimum Gasteiger partial charge on any atom is -0.207 e. The predicted molar refractivity (Wildman–Crippen MR) is 66.4 cm³/mol. The van der Waals surface area contributed by atoms with Gasteiger partial charge in [-0.05, 0) is 41.2 Å². The van der Waals surface area contributed by atoms with E-state index in [1.807, 2.05) is 12.1 Å². The van der Waals surface area contributed by atoms with Gasteiger partial charge in [0.1, 0.15) is 5.82 Å². The van der Waals surface area contributed by atoms with Gasteiger partial charge in [-0.25, -0.2) is 4.39 Å². The van der Waals surface area contributed by atoms with Crippen molar-refractivity contribution in [1.82, 2.24) is 0 Å². The topological polar surface area (TPSA) is 0 Å². The van der Waals surface area contributed by atoms with Crippen LogP contribution in [0.5, 0.6) is 0 Å². The van der Waals surface area contributed by atoms with E-state index in [0.717, 1.165) is 12.0 Å². The van der Waals surface area contributed by atoms with Crippen LogP contribution in [0.1, 0.15) is 18.9 Å². The molecule has 16 heavy (non-hydrogen) atoms. The summed E-state index contributed by atoms with van der Waals surface area (Å²) in [6.07, 6.45) is 6.99. The van der Waals surface area contributed by atoms with Crippen LogP contribution in [0, 0.1) is 11.7 Å². The van der Waals surface area contributed by atoms with Crippen molar-refractivity contribution in [3.8, 4) is 0 Å². The van der Waals surface area contributed by atoms with Crippen LogP contribution in [-0.2, 0) is 0 Å². The van der Waals surface area contributed by atoms with Crippen LogP contribution in [0.3, 0.4) is 0 Å². The van der Waals surface area contributed by atoms with Gasteiger partial charge in [0.15, 0.2) is 0 Å². The zero-order valence-electron chi connectivity index (χ0n) is 9.41. The van der Waals surface area contributed by atoms with Crippen LogP contribution in [0.2, 0.25) is 0 Å². The molecule has 0 radical (unpaired) electrons. The molecule has 0 aromatic heterocycles. The molecular weight excluding hydrogens is 199 g/mol. The zero-order valence-corrected chi connectivity index (χ0v) is 9.41. The number of rotatable bonds is 2. The van der Waals surface area contributed by atoms with Crippen LogP contribution < -0.4 is 0 Å². The third-order valence-corrected chi connectivity index (χ3v) is 2.97. The lowest BCUT2D eigenvalue weighted by molar-refractivity contribution is 0.626. The second kappa shape index (κ2) is 4.48. The van der Waals surface area contributed by atoms with Gasteiger partial charge in [-0.15, -0.1) is 0 Å². The second-order valence-corrected chi connectivity index (χ2v) is 4.18. The molecular formula is C15H15F. The van der Waals surface area contributed by atoms with E-state index in [4.69, 9.17) is 0 Å². The van der Waals surface area contributed by atoms with Gasteiger partial charge in [-0.1, -0.05) is 43.9 Å². The van der Waals surface area contributed by atoms with Gasteiger partial charge in [0.05, 0.1) is 0 Å². The Morgan fingerprint density at radius 3 is 2.81 bits per heavy atom. The van der Waals surface area contributed by atoms with Crippen LogP contribution in [0.15, 0.2) is 54.6 Å². The van der Waals surface area contributed by atoms with Crippen molar-refractivity contribution in [3.63, 3.8) is 0 Å². The van der Waals surface area contributed by atoms with Gasteiger partial charge in [0.25, 0.3) is 0 Å². The largest absolute Gasteiger partial charge is 0.207 e. The molecule has 1 aromatic rings. The molecule has 82 valence electrons. The maximum Gasteiger partial charge on any atom is 0.123 e. The van der Waals surface area contributed by atoms with Crippen molar-refractivity contribution < 1.29 is 4.39 Å². The number of benzene rings is 1. The fourth-order valence-corrected chi connectivity index (χ4v) is 2.09. The van der Waals surface area contributed by atoms with E-state index < -0.39 is 0 Å². The Labute approximate surface area is 95.8 Å². The van der Waals surface area contributed by atoms with Crippen LogP contribution >= 0.6 is 0 Å². The first kappa shape index (κ1) is 10.9. The van der Waals surface area contributed by atoms with Crippen molar-refractivity contribution in [3.05, 3.63) is 66.0 Å². The summed E-state index contributed by atoms with van der Waals surface area (Å²) in [5.74, 6) is 0.240. The first-order chi connectivity index (χ1) is 7.70. The van der Waals surface area contributed by atoms with E-state index in [0.29, 0.717) is 5.92 Å². The number of hydrogen-bond donors (Lipinski definition) is 0. The minimum atomic E-state index is -0.177. The smallest absolute Gasteiger partial charge is 0.123 e. The summed E-state index contributed by atoms with van der Waals surface area (Å²) in [4.78, 5) is 0. The maximum atomic E-state index is 13.1. The third-order valence-electron chi connectivity index (χ3n) is 2.97. The molecule has 1 atom stereocenters. The van der Waals surface area contributed by atoms with Crippen LogP contribution in [0.25, 0.3) is 5.57 Å². The van der Waals surface area contributed by atoms with Crippen LogP contribution in [0.4, 0.5) is 4.39 Å². The monoisotopic (exact) mass is 214 g/mol. The average molecular weight is 214 g/mol. The summed E-state index contributed by atoms with van der Waals surface area (Å²) >= 11 is 0. The Morgan fingerprint density at radius 1 is 1.38 bits per heavy atom. The van der Waals surface area contributed by atoms with Gasteiger partial charge in [-0.3, -0.25) is 0 Å². The highest BCUT2D eigenvalue weighted by Crippen LogP contribution is 2.32. The maximum absolute atomic E-state index is 13.1. The minimum absolute atomic E-state index is 0.177. The van der Waals surface area contributed by atoms with E-state index >= 15 is 0 Å². The summed E-state index contributed by atoms with van der Waals surface area (Å²) < 4.78 is 13.1. The van der Waals surface area contributed by atoms with Gasteiger partial charge in [0, 0.05) is 0 Å². The van der Waals surface area contributed by atoms with E-state index in [1.165, 1.54) is 17.2 Å². The highest BCUT2D eigenvalue weighted by Gasteiger charge is 2.15. The molecule has 1 heteroatoms. The molecule has 1 aliphatic carbocycles. The molecule has 0 heterocycles. The second-order valence-electron chi connectivity index (χ2n) is 4.18. The van der Waals surface area contributed by atoms with Crippen molar-refractivity contribution in [2.75, 3.05) is 0 Å². The van der Waals surface area contributed by atoms with Crippen molar-refractivity contribution in [2.45, 2.75) is 13.3 Å². The summed E-state index contributed by atoms with van der Waals surface area (Å²) in [6, 6.07) is 6.78. The van der Waals surface area contributed by atoms with E-state index in [2.05, 4.69) is 25.7 Å². The quantitative estimate of drug-likeness (QED) is 0.686. The molecule has 0 spiro atoms. The molecule has 2 rings (SSSR count). The van der Waals surface area contributed by atoms with Gasteiger partial charge in [0.2, 0.25) is 0 Å². The molecule has 0 bridgehead atoms. The Hall–Kier alpha value is -1.63. The summed E-state index contributed by atoms with van der Waals surface area (Å²) in [7, 11) is 0. The fraction of sp³-hybridized carbons (Fsp3) is 0.200. The standard InChI is InChI=1S/C15H15F/c1-3-12-7-8-15(11(2)9-12)13-5-4-6-14(16)10-13/h3-8,10-11H,1,9H2,2H3. The average Bonchev–Trinajstić information content (AvgIpc) is 2.28. The highest BCUT2D eigenvalue weighted by atomic mass is 19.1. The van der Waals surface area contributed by atoms with E-state index in [9.17, 15) is 4.39 Å². The SMILES string of the molecule is C=CC1=CC=C(c2cccc(F)c2)C(C)C1. The Balaban J connectivity index is 2.38. The first-order valence-electron chi connectivity index (χ1n) is 5.50. The normalized spacial score (nSPS) is 20.0. The molecule has 0 amide bonds. The van der Waals surface area contributed by atoms with Gasteiger partial charge < -0.3 is 0 Å². The zero-order chi connectivity index (χ0) is 11.5. The Morgan fingerprint density at radius 2 is 2.19 bits per heavy atom. The molecule has 0 saturated heterocycles. The summed E-state index contributed by atoms with van der Waals surface area (Å²) in [5, 5.41) is 0. The van der Waals surface area contributed by atoms with Gasteiger partial charge in [-0.2, -0.15) is 0 Å². The van der Waals surface area contributed by atoms with Crippen molar-refractivity contribution in [2.24, 2.45) is 5.92 Å². The molecule has 1 aliphatic rings. The summed E-state index contributed by atoms with van der Waals surface area (Å²) in [6.45, 7) is 5.93. The number of allylic oxidation sites excluding steroid dienone is 5. The van der Waals surface area contributed by atoms with E-state index in [1.54, 1.807) is 12.1 Å². The molecule has 0 fully saturated rings. The first-order valence-corrected chi connectivity index (χ1v) is 5.50. The fourth-order valence-electron chi connectivity index (χ4n) is 2.09. The third kappa shape index (κ3) is 2.13.